The quantitative estimate of drug-likeness (QED) is 0.450. The van der Waals surface area contributed by atoms with Gasteiger partial charge in [0.15, 0.2) is 0 Å². The molecule has 0 bridgehead atoms. The molecule has 0 aliphatic carbocycles. The van der Waals surface area contributed by atoms with E-state index in [1.807, 2.05) is 4.31 Å². The summed E-state index contributed by atoms with van der Waals surface area (Å²) < 4.78 is 8.64. The first-order chi connectivity index (χ1) is 7.59. The Morgan fingerprint density at radius 2 is 2.19 bits per heavy atom. The number of hydrogen-bond donors (Lipinski definition) is 1. The predicted molar refractivity (Wildman–Crippen MR) is 65.6 cm³/mol. The molecule has 1 aliphatic heterocycles. The summed E-state index contributed by atoms with van der Waals surface area (Å²) in [6.07, 6.45) is -0.485. The van der Waals surface area contributed by atoms with Crippen molar-refractivity contribution in [3.8, 4) is 0 Å². The highest BCUT2D eigenvalue weighted by molar-refractivity contribution is 7.95. The Kier molecular flexibility index (Phi) is 5.81. The fraction of sp³-hybridized carbons (Fsp3) is 0.750. The lowest BCUT2D eigenvalue weighted by Crippen LogP contribution is -2.37. The van der Waals surface area contributed by atoms with Gasteiger partial charge in [-0.05, 0) is 6.92 Å². The zero-order valence-corrected chi connectivity index (χ0v) is 10.9. The highest BCUT2D eigenvalue weighted by Crippen LogP contribution is 2.16. The van der Waals surface area contributed by atoms with E-state index >= 15 is 0 Å². The molecule has 8 heteroatoms. The third kappa shape index (κ3) is 4.97. The minimum Gasteiger partial charge on any atom is -0.379 e. The third-order valence-electron chi connectivity index (χ3n) is 1.75. The first-order valence-corrected chi connectivity index (χ1v) is 5.95. The SMILES string of the molecule is CC(=S)NOC(=O)N(C)SN1CCOCC1. The van der Waals surface area contributed by atoms with Gasteiger partial charge < -0.3 is 9.57 Å². The third-order valence-corrected chi connectivity index (χ3v) is 2.82. The molecule has 1 amide bonds. The summed E-state index contributed by atoms with van der Waals surface area (Å²) in [5, 5.41) is 0. The van der Waals surface area contributed by atoms with Crippen molar-refractivity contribution >= 4 is 35.4 Å². The van der Waals surface area contributed by atoms with E-state index in [1.54, 1.807) is 14.0 Å². The number of thiocarbonyl (C=S) groups is 1. The minimum absolute atomic E-state index is 0.415. The van der Waals surface area contributed by atoms with Crippen LogP contribution in [-0.2, 0) is 9.57 Å². The summed E-state index contributed by atoms with van der Waals surface area (Å²) in [6, 6.07) is 0. The monoisotopic (exact) mass is 265 g/mol. The van der Waals surface area contributed by atoms with Gasteiger partial charge in [0.25, 0.3) is 0 Å². The Balaban J connectivity index is 2.24. The summed E-state index contributed by atoms with van der Waals surface area (Å²) in [5.74, 6) is 0. The zero-order chi connectivity index (χ0) is 12.0. The largest absolute Gasteiger partial charge is 0.444 e. The molecule has 92 valence electrons. The van der Waals surface area contributed by atoms with E-state index in [-0.39, 0.29) is 0 Å². The van der Waals surface area contributed by atoms with Crippen LogP contribution in [0.1, 0.15) is 6.92 Å². The summed E-state index contributed by atoms with van der Waals surface area (Å²) in [7, 11) is 1.64. The fourth-order valence-corrected chi connectivity index (χ4v) is 1.82. The molecule has 6 nitrogen and oxygen atoms in total. The normalized spacial score (nSPS) is 16.6. The maximum atomic E-state index is 11.4. The Labute approximate surface area is 104 Å². The molecule has 0 aromatic heterocycles. The predicted octanol–water partition coefficient (Wildman–Crippen LogP) is 0.802. The van der Waals surface area contributed by atoms with Crippen molar-refractivity contribution in [2.45, 2.75) is 6.92 Å². The molecule has 1 saturated heterocycles. The van der Waals surface area contributed by atoms with Crippen molar-refractivity contribution in [1.82, 2.24) is 14.1 Å². The molecule has 0 aromatic rings. The second kappa shape index (κ2) is 6.89. The van der Waals surface area contributed by atoms with Crippen LogP contribution in [0, 0.1) is 0 Å². The van der Waals surface area contributed by atoms with E-state index in [0.29, 0.717) is 18.2 Å². The molecule has 0 radical (unpaired) electrons. The Morgan fingerprint density at radius 3 is 2.75 bits per heavy atom. The van der Waals surface area contributed by atoms with Gasteiger partial charge in [-0.1, -0.05) is 12.2 Å². The van der Waals surface area contributed by atoms with Crippen molar-refractivity contribution in [2.75, 3.05) is 33.4 Å². The Hall–Kier alpha value is -0.570. The van der Waals surface area contributed by atoms with Gasteiger partial charge >= 0.3 is 6.09 Å². The van der Waals surface area contributed by atoms with Gasteiger partial charge in [-0.25, -0.2) is 18.9 Å². The van der Waals surface area contributed by atoms with Crippen LogP contribution >= 0.6 is 24.4 Å². The van der Waals surface area contributed by atoms with Crippen molar-refractivity contribution in [3.05, 3.63) is 0 Å². The summed E-state index contributed by atoms with van der Waals surface area (Å²) in [5.41, 5.74) is 2.35. The van der Waals surface area contributed by atoms with Gasteiger partial charge in [0.1, 0.15) is 4.99 Å². The average molecular weight is 265 g/mol. The van der Waals surface area contributed by atoms with Gasteiger partial charge in [0.05, 0.1) is 13.2 Å². The molecule has 0 spiro atoms. The van der Waals surface area contributed by atoms with Gasteiger partial charge in [-0.15, -0.1) is 0 Å². The minimum atomic E-state index is -0.485. The smallest absolute Gasteiger partial charge is 0.379 e. The lowest BCUT2D eigenvalue weighted by molar-refractivity contribution is 0.0744. The number of carbonyl (C=O) groups is 1. The van der Waals surface area contributed by atoms with E-state index < -0.39 is 6.09 Å². The second-order valence-electron chi connectivity index (χ2n) is 3.15. The van der Waals surface area contributed by atoms with Crippen LogP contribution in [0.2, 0.25) is 0 Å². The average Bonchev–Trinajstić information content (AvgIpc) is 2.27. The number of carbonyl (C=O) groups excluding carboxylic acids is 1. The molecule has 0 atom stereocenters. The number of amides is 1. The van der Waals surface area contributed by atoms with Crippen LogP contribution in [0.25, 0.3) is 0 Å². The number of rotatable bonds is 2. The molecule has 16 heavy (non-hydrogen) atoms. The number of ether oxygens (including phenoxy) is 1. The van der Waals surface area contributed by atoms with Crippen molar-refractivity contribution < 1.29 is 14.4 Å². The Morgan fingerprint density at radius 1 is 1.56 bits per heavy atom. The second-order valence-corrected chi connectivity index (χ2v) is 4.99. The van der Waals surface area contributed by atoms with Crippen molar-refractivity contribution in [3.63, 3.8) is 0 Å². The van der Waals surface area contributed by atoms with E-state index in [9.17, 15) is 4.79 Å². The molecule has 1 aliphatic rings. The molecule has 1 fully saturated rings. The van der Waals surface area contributed by atoms with Gasteiger partial charge in [0, 0.05) is 32.3 Å². The van der Waals surface area contributed by atoms with Crippen LogP contribution in [-0.4, -0.2) is 53.0 Å². The summed E-state index contributed by atoms with van der Waals surface area (Å²) in [6.45, 7) is 4.60. The van der Waals surface area contributed by atoms with E-state index in [0.717, 1.165) is 13.1 Å². The van der Waals surface area contributed by atoms with Crippen molar-refractivity contribution in [2.24, 2.45) is 0 Å². The first-order valence-electron chi connectivity index (χ1n) is 4.81. The van der Waals surface area contributed by atoms with E-state index in [2.05, 4.69) is 5.48 Å². The Bertz CT molecular complexity index is 259. The zero-order valence-electron chi connectivity index (χ0n) is 9.26. The number of hydroxylamine groups is 1. The van der Waals surface area contributed by atoms with E-state index in [1.165, 1.54) is 16.4 Å². The number of morpholine rings is 1. The van der Waals surface area contributed by atoms with Gasteiger partial charge in [-0.3, -0.25) is 0 Å². The highest BCUT2D eigenvalue weighted by Gasteiger charge is 2.18. The summed E-state index contributed by atoms with van der Waals surface area (Å²) >= 11 is 6.03. The molecule has 0 saturated carbocycles. The number of nitrogens with zero attached hydrogens (tertiary/aromatic N) is 2. The molecular weight excluding hydrogens is 250 g/mol. The molecule has 1 N–H and O–H groups in total. The molecular formula is C8H15N3O3S2. The lowest BCUT2D eigenvalue weighted by atomic mass is 10.5. The topological polar surface area (TPSA) is 54.0 Å². The van der Waals surface area contributed by atoms with Crippen LogP contribution in [0.3, 0.4) is 0 Å². The number of nitrogens with one attached hydrogen (secondary N) is 1. The maximum Gasteiger partial charge on any atom is 0.444 e. The van der Waals surface area contributed by atoms with Crippen molar-refractivity contribution in [1.29, 1.82) is 0 Å². The molecule has 1 heterocycles. The number of hydrogen-bond acceptors (Lipinski definition) is 6. The standard InChI is InChI=1S/C8H15N3O3S2/c1-7(15)9-14-8(12)10(2)16-11-3-5-13-6-4-11/h3-6H2,1-2H3,(H,9,15). The molecule has 0 unspecified atom stereocenters. The molecule has 0 aromatic carbocycles. The highest BCUT2D eigenvalue weighted by atomic mass is 32.2. The van der Waals surface area contributed by atoms with Gasteiger partial charge in [0.2, 0.25) is 0 Å². The lowest BCUT2D eigenvalue weighted by Gasteiger charge is -2.28. The first kappa shape index (κ1) is 13.5. The van der Waals surface area contributed by atoms with Crippen LogP contribution in [0.15, 0.2) is 0 Å². The maximum absolute atomic E-state index is 11.4. The molecule has 1 rings (SSSR count). The van der Waals surface area contributed by atoms with Crippen LogP contribution < -0.4 is 5.48 Å². The van der Waals surface area contributed by atoms with Gasteiger partial charge in [-0.2, -0.15) is 0 Å². The van der Waals surface area contributed by atoms with E-state index in [4.69, 9.17) is 21.8 Å². The fourth-order valence-electron chi connectivity index (χ4n) is 1.01. The van der Waals surface area contributed by atoms with Crippen LogP contribution in [0.4, 0.5) is 4.79 Å². The summed E-state index contributed by atoms with van der Waals surface area (Å²) in [4.78, 5) is 16.6. The van der Waals surface area contributed by atoms with Crippen LogP contribution in [0.5, 0.6) is 0 Å².